The summed E-state index contributed by atoms with van der Waals surface area (Å²) in [5.41, 5.74) is 1.91. The van der Waals surface area contributed by atoms with Crippen LogP contribution in [0.25, 0.3) is 0 Å². The molecule has 148 valence electrons. The highest BCUT2D eigenvalue weighted by atomic mass is 35.5. The van der Waals surface area contributed by atoms with Crippen LogP contribution in [0.4, 0.5) is 4.39 Å². The van der Waals surface area contributed by atoms with E-state index < -0.39 is 0 Å². The Labute approximate surface area is 177 Å². The second-order valence-electron chi connectivity index (χ2n) is 6.74. The van der Waals surface area contributed by atoms with Crippen molar-refractivity contribution in [3.63, 3.8) is 0 Å². The van der Waals surface area contributed by atoms with Gasteiger partial charge in [-0.25, -0.2) is 4.39 Å². The minimum absolute atomic E-state index is 0.0806. The summed E-state index contributed by atoms with van der Waals surface area (Å²) in [4.78, 5) is 21.0. The number of benzene rings is 2. The Morgan fingerprint density at radius 3 is 2.83 bits per heavy atom. The topological polar surface area (TPSA) is 41.9 Å². The number of nitrogens with zero attached hydrogens (tertiary/aromatic N) is 2. The highest BCUT2D eigenvalue weighted by Crippen LogP contribution is 2.22. The molecule has 3 aromatic rings. The van der Waals surface area contributed by atoms with Gasteiger partial charge in [-0.05, 0) is 35.2 Å². The van der Waals surface area contributed by atoms with Crippen LogP contribution in [0.5, 0.6) is 0 Å². The van der Waals surface area contributed by atoms with Gasteiger partial charge in [-0.1, -0.05) is 53.2 Å². The summed E-state index contributed by atoms with van der Waals surface area (Å²) in [6.45, 7) is 0.733. The quantitative estimate of drug-likeness (QED) is 0.529. The zero-order chi connectivity index (χ0) is 20.2. The van der Waals surface area contributed by atoms with Gasteiger partial charge in [0.15, 0.2) is 6.10 Å². The lowest BCUT2D eigenvalue weighted by molar-refractivity contribution is 0.0408. The molecule has 2 heterocycles. The molecule has 0 radical (unpaired) electrons. The standard InChI is InChI=1S/C22H18ClFN2O2S/c23-16-6-3-5-15(11-16)13-26(22(27)21-9-4-10-29-21)14-17-12-20(25-28-17)18-7-1-2-8-19(18)24/h1-11,17H,12-14H2/t17-/m0/s1. The Balaban J connectivity index is 1.50. The van der Waals surface area contributed by atoms with Crippen LogP contribution in [0, 0.1) is 5.82 Å². The lowest BCUT2D eigenvalue weighted by atomic mass is 10.0. The van der Waals surface area contributed by atoms with Gasteiger partial charge in [0.05, 0.1) is 17.1 Å². The summed E-state index contributed by atoms with van der Waals surface area (Å²) < 4.78 is 14.1. The van der Waals surface area contributed by atoms with Crippen molar-refractivity contribution in [3.05, 3.63) is 92.9 Å². The van der Waals surface area contributed by atoms with Crippen LogP contribution in [0.1, 0.15) is 27.2 Å². The number of oxime groups is 1. The summed E-state index contributed by atoms with van der Waals surface area (Å²) >= 11 is 7.49. The van der Waals surface area contributed by atoms with Gasteiger partial charge in [-0.2, -0.15) is 0 Å². The summed E-state index contributed by atoms with van der Waals surface area (Å²) in [7, 11) is 0. The van der Waals surface area contributed by atoms with Gasteiger partial charge in [-0.3, -0.25) is 4.79 Å². The first kappa shape index (κ1) is 19.6. The number of amides is 1. The molecule has 1 aliphatic heterocycles. The first-order valence-corrected chi connectivity index (χ1v) is 10.4. The summed E-state index contributed by atoms with van der Waals surface area (Å²) in [5, 5.41) is 6.55. The monoisotopic (exact) mass is 428 g/mol. The number of hydrogen-bond acceptors (Lipinski definition) is 4. The fourth-order valence-corrected chi connectivity index (χ4v) is 4.16. The van der Waals surface area contributed by atoms with E-state index in [1.54, 1.807) is 35.2 Å². The van der Waals surface area contributed by atoms with Crippen molar-refractivity contribution in [2.75, 3.05) is 6.54 Å². The van der Waals surface area contributed by atoms with Gasteiger partial charge in [0.2, 0.25) is 0 Å². The van der Waals surface area contributed by atoms with Crippen molar-refractivity contribution in [2.24, 2.45) is 5.16 Å². The van der Waals surface area contributed by atoms with E-state index in [4.69, 9.17) is 16.4 Å². The minimum atomic E-state index is -0.340. The lowest BCUT2D eigenvalue weighted by Crippen LogP contribution is -2.37. The van der Waals surface area contributed by atoms with Crippen LogP contribution in [-0.2, 0) is 11.4 Å². The number of halogens is 2. The number of carbonyl (C=O) groups is 1. The smallest absolute Gasteiger partial charge is 0.264 e. The molecule has 4 rings (SSSR count). The molecule has 1 aliphatic rings. The maximum Gasteiger partial charge on any atom is 0.264 e. The van der Waals surface area contributed by atoms with E-state index in [1.165, 1.54) is 17.4 Å². The van der Waals surface area contributed by atoms with Crippen LogP contribution in [0.2, 0.25) is 5.02 Å². The molecule has 29 heavy (non-hydrogen) atoms. The Morgan fingerprint density at radius 2 is 2.07 bits per heavy atom. The predicted molar refractivity (Wildman–Crippen MR) is 113 cm³/mol. The van der Waals surface area contributed by atoms with Gasteiger partial charge < -0.3 is 9.74 Å². The van der Waals surface area contributed by atoms with Crippen LogP contribution >= 0.6 is 22.9 Å². The summed E-state index contributed by atoms with van der Waals surface area (Å²) in [5.74, 6) is -0.413. The van der Waals surface area contributed by atoms with E-state index in [0.717, 1.165) is 5.56 Å². The van der Waals surface area contributed by atoms with E-state index in [0.29, 0.717) is 40.7 Å². The third-order valence-corrected chi connectivity index (χ3v) is 5.72. The average molecular weight is 429 g/mol. The van der Waals surface area contributed by atoms with Crippen LogP contribution in [0.3, 0.4) is 0 Å². The fourth-order valence-electron chi connectivity index (χ4n) is 3.26. The molecule has 0 bridgehead atoms. The summed E-state index contributed by atoms with van der Waals surface area (Å²) in [6.07, 6.45) is 0.0951. The van der Waals surface area contributed by atoms with Crippen molar-refractivity contribution in [2.45, 2.75) is 19.1 Å². The highest BCUT2D eigenvalue weighted by Gasteiger charge is 2.28. The SMILES string of the molecule is O=C(c1cccs1)N(Cc1cccc(Cl)c1)C[C@@H]1CC(c2ccccc2F)=NO1. The van der Waals surface area contributed by atoms with Crippen LogP contribution in [-0.4, -0.2) is 29.2 Å². The molecule has 0 saturated carbocycles. The number of rotatable bonds is 6. The van der Waals surface area contributed by atoms with Crippen molar-refractivity contribution in [1.82, 2.24) is 4.90 Å². The fraction of sp³-hybridized carbons (Fsp3) is 0.182. The van der Waals surface area contributed by atoms with Crippen LogP contribution < -0.4 is 0 Å². The van der Waals surface area contributed by atoms with Crippen molar-refractivity contribution in [3.8, 4) is 0 Å². The van der Waals surface area contributed by atoms with Crippen molar-refractivity contribution < 1.29 is 14.0 Å². The van der Waals surface area contributed by atoms with Gasteiger partial charge in [0.1, 0.15) is 5.82 Å². The van der Waals surface area contributed by atoms with E-state index in [-0.39, 0.29) is 17.8 Å². The Bertz CT molecular complexity index is 1040. The third-order valence-electron chi connectivity index (χ3n) is 4.62. The maximum absolute atomic E-state index is 14.1. The average Bonchev–Trinajstić information content (AvgIpc) is 3.40. The third kappa shape index (κ3) is 4.66. The molecule has 1 aromatic heterocycles. The maximum atomic E-state index is 14.1. The molecule has 0 fully saturated rings. The van der Waals surface area contributed by atoms with Gasteiger partial charge in [0, 0.05) is 23.6 Å². The molecule has 0 spiro atoms. The second-order valence-corrected chi connectivity index (χ2v) is 8.13. The molecule has 1 atom stereocenters. The molecule has 0 aliphatic carbocycles. The molecule has 7 heteroatoms. The Morgan fingerprint density at radius 1 is 1.21 bits per heavy atom. The zero-order valence-electron chi connectivity index (χ0n) is 15.4. The highest BCUT2D eigenvalue weighted by molar-refractivity contribution is 7.12. The Kier molecular flexibility index (Phi) is 5.92. The first-order chi connectivity index (χ1) is 14.1. The Hall–Kier alpha value is -2.70. The second kappa shape index (κ2) is 8.76. The summed E-state index contributed by atoms with van der Waals surface area (Å²) in [6, 6.07) is 17.6. The van der Waals surface area contributed by atoms with E-state index in [1.807, 2.05) is 29.6 Å². The number of carbonyl (C=O) groups excluding carboxylic acids is 1. The largest absolute Gasteiger partial charge is 0.390 e. The van der Waals surface area contributed by atoms with Gasteiger partial charge in [0.25, 0.3) is 5.91 Å². The lowest BCUT2D eigenvalue weighted by Gasteiger charge is -2.24. The van der Waals surface area contributed by atoms with Gasteiger partial charge in [-0.15, -0.1) is 11.3 Å². The van der Waals surface area contributed by atoms with E-state index >= 15 is 0 Å². The molecule has 0 saturated heterocycles. The van der Waals surface area contributed by atoms with Gasteiger partial charge >= 0.3 is 0 Å². The van der Waals surface area contributed by atoms with E-state index in [9.17, 15) is 9.18 Å². The molecule has 0 unspecified atom stereocenters. The predicted octanol–water partition coefficient (Wildman–Crippen LogP) is 5.38. The van der Waals surface area contributed by atoms with Crippen molar-refractivity contribution in [1.29, 1.82) is 0 Å². The minimum Gasteiger partial charge on any atom is -0.390 e. The first-order valence-electron chi connectivity index (χ1n) is 9.15. The number of thiophene rings is 1. The number of hydrogen-bond donors (Lipinski definition) is 0. The van der Waals surface area contributed by atoms with Crippen molar-refractivity contribution >= 4 is 34.6 Å². The molecule has 1 amide bonds. The zero-order valence-corrected chi connectivity index (χ0v) is 17.0. The molecular weight excluding hydrogens is 411 g/mol. The molecule has 4 nitrogen and oxygen atoms in total. The molecule has 0 N–H and O–H groups in total. The molecular formula is C22H18ClFN2O2S. The van der Waals surface area contributed by atoms with E-state index in [2.05, 4.69) is 5.16 Å². The normalized spacial score (nSPS) is 15.7. The molecule has 2 aromatic carbocycles. The van der Waals surface area contributed by atoms with Crippen LogP contribution in [0.15, 0.2) is 71.2 Å².